The van der Waals surface area contributed by atoms with E-state index in [0.29, 0.717) is 27.5 Å². The highest BCUT2D eigenvalue weighted by molar-refractivity contribution is 9.10. The van der Waals surface area contributed by atoms with Gasteiger partial charge in [-0.15, -0.1) is 11.6 Å². The molecule has 0 heterocycles. The third-order valence-electron chi connectivity index (χ3n) is 2.27. The maximum Gasteiger partial charge on any atom is 0.251 e. The van der Waals surface area contributed by atoms with E-state index in [9.17, 15) is 4.79 Å². The first-order valence-corrected chi connectivity index (χ1v) is 6.85. The van der Waals surface area contributed by atoms with E-state index in [2.05, 4.69) is 21.2 Å². The predicted molar refractivity (Wildman–Crippen MR) is 76.0 cm³/mol. The van der Waals surface area contributed by atoms with Crippen LogP contribution in [0.4, 0.5) is 0 Å². The van der Waals surface area contributed by atoms with E-state index < -0.39 is 0 Å². The summed E-state index contributed by atoms with van der Waals surface area (Å²) in [6, 6.07) is 5.08. The first-order chi connectivity index (χ1) is 7.85. The van der Waals surface area contributed by atoms with Gasteiger partial charge in [-0.3, -0.25) is 4.79 Å². The Balaban J connectivity index is 2.68. The molecule has 0 aromatic heterocycles. The molecule has 94 valence electrons. The van der Waals surface area contributed by atoms with Gasteiger partial charge < -0.3 is 5.32 Å². The maximum absolute atomic E-state index is 11.9. The topological polar surface area (TPSA) is 29.1 Å². The highest BCUT2D eigenvalue weighted by atomic mass is 79.9. The van der Waals surface area contributed by atoms with Crippen LogP contribution in [0.1, 0.15) is 24.2 Å². The van der Waals surface area contributed by atoms with Crippen molar-refractivity contribution in [3.8, 4) is 0 Å². The smallest absolute Gasteiger partial charge is 0.251 e. The molecule has 0 aliphatic carbocycles. The van der Waals surface area contributed by atoms with Crippen molar-refractivity contribution in [3.05, 3.63) is 33.3 Å². The van der Waals surface area contributed by atoms with Crippen molar-refractivity contribution in [2.24, 2.45) is 5.41 Å². The summed E-state index contributed by atoms with van der Waals surface area (Å²) in [4.78, 5) is 11.9. The fraction of sp³-hybridized carbons (Fsp3) is 0.417. The zero-order valence-corrected chi connectivity index (χ0v) is 12.8. The van der Waals surface area contributed by atoms with Gasteiger partial charge in [0.05, 0.1) is 5.02 Å². The Morgan fingerprint density at radius 2 is 2.12 bits per heavy atom. The molecule has 0 bridgehead atoms. The van der Waals surface area contributed by atoms with E-state index in [1.165, 1.54) is 0 Å². The van der Waals surface area contributed by atoms with Gasteiger partial charge in [0.1, 0.15) is 0 Å². The molecule has 5 heteroatoms. The Labute approximate surface area is 120 Å². The average molecular weight is 339 g/mol. The number of hydrogen-bond donors (Lipinski definition) is 1. The summed E-state index contributed by atoms with van der Waals surface area (Å²) in [6.45, 7) is 4.53. The molecule has 1 rings (SSSR count). The van der Waals surface area contributed by atoms with E-state index in [4.69, 9.17) is 23.2 Å². The van der Waals surface area contributed by atoms with E-state index in [1.807, 2.05) is 13.8 Å². The monoisotopic (exact) mass is 337 g/mol. The molecule has 17 heavy (non-hydrogen) atoms. The van der Waals surface area contributed by atoms with Crippen molar-refractivity contribution < 1.29 is 4.79 Å². The third kappa shape index (κ3) is 4.49. The minimum Gasteiger partial charge on any atom is -0.351 e. The minimum atomic E-state index is -0.124. The molecule has 0 unspecified atom stereocenters. The van der Waals surface area contributed by atoms with Gasteiger partial charge in [-0.2, -0.15) is 0 Å². The van der Waals surface area contributed by atoms with E-state index in [0.717, 1.165) is 0 Å². The highest BCUT2D eigenvalue weighted by Gasteiger charge is 2.18. The summed E-state index contributed by atoms with van der Waals surface area (Å²) in [5.74, 6) is 0.373. The van der Waals surface area contributed by atoms with Crippen LogP contribution in [-0.2, 0) is 0 Å². The first kappa shape index (κ1) is 14.8. The van der Waals surface area contributed by atoms with Gasteiger partial charge in [0.15, 0.2) is 0 Å². The lowest BCUT2D eigenvalue weighted by molar-refractivity contribution is 0.0940. The van der Waals surface area contributed by atoms with Crippen LogP contribution >= 0.6 is 39.1 Å². The molecule has 2 nitrogen and oxygen atoms in total. The normalized spacial score (nSPS) is 11.4. The van der Waals surface area contributed by atoms with Crippen molar-refractivity contribution in [1.82, 2.24) is 5.32 Å². The Kier molecular flexibility index (Phi) is 5.29. The molecule has 0 fully saturated rings. The predicted octanol–water partition coefficient (Wildman–Crippen LogP) is 4.10. The average Bonchev–Trinajstić information content (AvgIpc) is 2.30. The van der Waals surface area contributed by atoms with Crippen LogP contribution in [0.5, 0.6) is 0 Å². The van der Waals surface area contributed by atoms with Gasteiger partial charge >= 0.3 is 0 Å². The highest BCUT2D eigenvalue weighted by Crippen LogP contribution is 2.23. The second-order valence-electron chi connectivity index (χ2n) is 4.61. The van der Waals surface area contributed by atoms with Crippen LogP contribution < -0.4 is 5.32 Å². The lowest BCUT2D eigenvalue weighted by Gasteiger charge is -2.21. The quantitative estimate of drug-likeness (QED) is 0.823. The maximum atomic E-state index is 11.9. The molecule has 0 radical (unpaired) electrons. The number of halogens is 3. The van der Waals surface area contributed by atoms with Gasteiger partial charge in [0, 0.05) is 22.5 Å². The molecule has 1 aromatic carbocycles. The zero-order valence-electron chi connectivity index (χ0n) is 9.69. The standard InChI is InChI=1S/C12H14BrCl2NO/c1-12(2,6-14)7-16-11(17)8-3-4-10(15)9(13)5-8/h3-5H,6-7H2,1-2H3,(H,16,17). The number of carbonyl (C=O) groups is 1. The molecule has 0 saturated carbocycles. The molecule has 1 aromatic rings. The molecular formula is C12H14BrCl2NO. The fourth-order valence-corrected chi connectivity index (χ4v) is 1.70. The molecule has 0 aliphatic rings. The first-order valence-electron chi connectivity index (χ1n) is 5.15. The number of carbonyl (C=O) groups excluding carboxylic acids is 1. The van der Waals surface area contributed by atoms with Gasteiger partial charge in [0.25, 0.3) is 5.91 Å². The number of nitrogens with one attached hydrogen (secondary N) is 1. The van der Waals surface area contributed by atoms with Crippen molar-refractivity contribution in [2.75, 3.05) is 12.4 Å². The van der Waals surface area contributed by atoms with E-state index in [-0.39, 0.29) is 11.3 Å². The SMILES string of the molecule is CC(C)(CCl)CNC(=O)c1ccc(Cl)c(Br)c1. The number of rotatable bonds is 4. The van der Waals surface area contributed by atoms with Gasteiger partial charge in [0.2, 0.25) is 0 Å². The summed E-state index contributed by atoms with van der Waals surface area (Å²) >= 11 is 14.9. The van der Waals surface area contributed by atoms with Crippen LogP contribution in [0.3, 0.4) is 0 Å². The number of alkyl halides is 1. The molecule has 1 amide bonds. The van der Waals surface area contributed by atoms with Gasteiger partial charge in [-0.1, -0.05) is 25.4 Å². The number of hydrogen-bond acceptors (Lipinski definition) is 1. The Hall–Kier alpha value is -0.250. The molecule has 1 N–H and O–H groups in total. The van der Waals surface area contributed by atoms with Crippen molar-refractivity contribution in [1.29, 1.82) is 0 Å². The van der Waals surface area contributed by atoms with Crippen LogP contribution in [0.15, 0.2) is 22.7 Å². The summed E-state index contributed by atoms with van der Waals surface area (Å²) in [6.07, 6.45) is 0. The molecular weight excluding hydrogens is 325 g/mol. The van der Waals surface area contributed by atoms with Crippen molar-refractivity contribution >= 4 is 45.0 Å². The molecule has 0 spiro atoms. The molecule has 0 saturated heterocycles. The molecule has 0 atom stereocenters. The lowest BCUT2D eigenvalue weighted by Crippen LogP contribution is -2.34. The Morgan fingerprint density at radius 3 is 2.65 bits per heavy atom. The number of amides is 1. The largest absolute Gasteiger partial charge is 0.351 e. The zero-order chi connectivity index (χ0) is 13.1. The van der Waals surface area contributed by atoms with Crippen molar-refractivity contribution in [2.45, 2.75) is 13.8 Å². The number of benzene rings is 1. The Bertz CT molecular complexity index is 421. The summed E-state index contributed by atoms with van der Waals surface area (Å²) < 4.78 is 0.712. The van der Waals surface area contributed by atoms with Crippen LogP contribution in [0.2, 0.25) is 5.02 Å². The lowest BCUT2D eigenvalue weighted by atomic mass is 9.96. The van der Waals surface area contributed by atoms with Crippen LogP contribution in [0, 0.1) is 5.41 Å². The second kappa shape index (κ2) is 6.07. The molecule has 0 aliphatic heterocycles. The summed E-state index contributed by atoms with van der Waals surface area (Å²) in [5, 5.41) is 3.44. The Morgan fingerprint density at radius 1 is 1.47 bits per heavy atom. The van der Waals surface area contributed by atoms with Crippen LogP contribution in [-0.4, -0.2) is 18.3 Å². The van der Waals surface area contributed by atoms with E-state index in [1.54, 1.807) is 18.2 Å². The van der Waals surface area contributed by atoms with Gasteiger partial charge in [-0.05, 0) is 39.5 Å². The fourth-order valence-electron chi connectivity index (χ4n) is 1.11. The second-order valence-corrected chi connectivity index (χ2v) is 6.14. The summed E-state index contributed by atoms with van der Waals surface area (Å²) in [7, 11) is 0. The summed E-state index contributed by atoms with van der Waals surface area (Å²) in [5.41, 5.74) is 0.465. The van der Waals surface area contributed by atoms with Crippen LogP contribution in [0.25, 0.3) is 0 Å². The third-order valence-corrected chi connectivity index (χ3v) is 4.21. The van der Waals surface area contributed by atoms with Crippen molar-refractivity contribution in [3.63, 3.8) is 0 Å². The van der Waals surface area contributed by atoms with Gasteiger partial charge in [-0.25, -0.2) is 0 Å². The van der Waals surface area contributed by atoms with E-state index >= 15 is 0 Å². The minimum absolute atomic E-state index is 0.110.